The normalized spacial score (nSPS) is 12.3. The number of thiazole rings is 1. The zero-order valence-corrected chi connectivity index (χ0v) is 21.2. The Balaban J connectivity index is 1.33. The first-order valence-electron chi connectivity index (χ1n) is 12.4. The minimum absolute atomic E-state index is 0.555. The van der Waals surface area contributed by atoms with Crippen molar-refractivity contribution >= 4 is 50.4 Å². The van der Waals surface area contributed by atoms with Crippen LogP contribution in [-0.2, 0) is 0 Å². The Morgan fingerprint density at radius 2 is 1.21 bits per heavy atom. The molecule has 7 rings (SSSR count). The van der Waals surface area contributed by atoms with Gasteiger partial charge in [0.05, 0.1) is 28.2 Å². The fourth-order valence-electron chi connectivity index (χ4n) is 5.15. The largest absolute Gasteiger partial charge is 0.309 e. The molecule has 0 unspecified atom stereocenters. The van der Waals surface area contributed by atoms with Gasteiger partial charge in [0.25, 0.3) is 0 Å². The van der Waals surface area contributed by atoms with Gasteiger partial charge in [-0.1, -0.05) is 84.9 Å². The number of para-hydroxylation sites is 3. The van der Waals surface area contributed by atoms with Gasteiger partial charge in [-0.3, -0.25) is 0 Å². The number of aromatic nitrogens is 1. The van der Waals surface area contributed by atoms with Gasteiger partial charge >= 0.3 is 0 Å². The van der Waals surface area contributed by atoms with Gasteiger partial charge < -0.3 is 4.90 Å². The highest BCUT2D eigenvalue weighted by Gasteiger charge is 2.25. The minimum atomic E-state index is 0.555. The number of anilines is 3. The second kappa shape index (κ2) is 9.15. The van der Waals surface area contributed by atoms with Crippen molar-refractivity contribution in [2.45, 2.75) is 0 Å². The molecule has 2 heterocycles. The van der Waals surface area contributed by atoms with Crippen molar-refractivity contribution in [3.8, 4) is 22.3 Å². The van der Waals surface area contributed by atoms with Crippen molar-refractivity contribution < 1.29 is 0 Å². The Morgan fingerprint density at radius 1 is 0.658 bits per heavy atom. The Kier molecular flexibility index (Phi) is 5.36. The first kappa shape index (κ1) is 22.2. The van der Waals surface area contributed by atoms with Crippen molar-refractivity contribution in [1.29, 1.82) is 0 Å². The maximum absolute atomic E-state index is 7.79. The van der Waals surface area contributed by atoms with E-state index in [0.29, 0.717) is 5.70 Å². The number of hydrogen-bond donors (Lipinski definition) is 0. The first-order chi connectivity index (χ1) is 18.8. The van der Waals surface area contributed by atoms with Crippen LogP contribution in [0.5, 0.6) is 0 Å². The zero-order chi connectivity index (χ0) is 25.5. The number of nitrogens with zero attached hydrogens (tertiary/aromatic N) is 3. The molecule has 0 saturated carbocycles. The summed E-state index contributed by atoms with van der Waals surface area (Å²) >= 11 is 1.55. The summed E-state index contributed by atoms with van der Waals surface area (Å²) in [4.78, 5) is 10.8. The molecule has 0 radical (unpaired) electrons. The van der Waals surface area contributed by atoms with Crippen LogP contribution in [0.4, 0.5) is 17.1 Å². The van der Waals surface area contributed by atoms with E-state index in [2.05, 4.69) is 112 Å². The molecule has 38 heavy (non-hydrogen) atoms. The van der Waals surface area contributed by atoms with Crippen LogP contribution in [0.15, 0.2) is 121 Å². The third-order valence-electron chi connectivity index (χ3n) is 6.89. The zero-order valence-electron chi connectivity index (χ0n) is 20.4. The molecule has 0 fully saturated rings. The highest BCUT2D eigenvalue weighted by Crippen LogP contribution is 2.50. The lowest BCUT2D eigenvalue weighted by Gasteiger charge is -2.27. The summed E-state index contributed by atoms with van der Waals surface area (Å²) in [6, 6.07) is 42.2. The van der Waals surface area contributed by atoms with E-state index in [0.717, 1.165) is 37.8 Å². The van der Waals surface area contributed by atoms with E-state index in [9.17, 15) is 0 Å². The fourth-order valence-corrected chi connectivity index (χ4v) is 6.08. The highest BCUT2D eigenvalue weighted by molar-refractivity contribution is 7.19. The number of hydrogen-bond acceptors (Lipinski definition) is 3. The van der Waals surface area contributed by atoms with Crippen LogP contribution in [0, 0.1) is 6.57 Å². The molecule has 0 saturated heterocycles. The van der Waals surface area contributed by atoms with Gasteiger partial charge in [0.15, 0.2) is 0 Å². The third-order valence-corrected chi connectivity index (χ3v) is 7.94. The smallest absolute Gasteiger partial charge is 0.222 e. The van der Waals surface area contributed by atoms with Crippen molar-refractivity contribution in [3.05, 3.63) is 143 Å². The van der Waals surface area contributed by atoms with Crippen molar-refractivity contribution in [2.75, 3.05) is 4.90 Å². The van der Waals surface area contributed by atoms with Crippen LogP contribution in [0.25, 0.3) is 49.1 Å². The lowest BCUT2D eigenvalue weighted by molar-refractivity contribution is 1.29. The molecule has 1 aromatic heterocycles. The van der Waals surface area contributed by atoms with E-state index in [4.69, 9.17) is 6.57 Å². The van der Waals surface area contributed by atoms with E-state index < -0.39 is 0 Å². The van der Waals surface area contributed by atoms with E-state index in [1.165, 1.54) is 22.3 Å². The Bertz CT molecular complexity index is 1790. The standard InChI is InChI=1S/C34H21N3S/c1-35-30(34-36-29-14-6-9-17-33(29)38-34)22-23-18-20-24(21-19-23)37-31-15-7-4-12-27(31)25-10-2-3-11-26(25)28-13-5-8-16-32(28)37/h2-22H/b30-22-. The minimum Gasteiger partial charge on any atom is -0.309 e. The van der Waals surface area contributed by atoms with Crippen LogP contribution < -0.4 is 4.90 Å². The van der Waals surface area contributed by atoms with Gasteiger partial charge in [-0.15, -0.1) is 11.3 Å². The maximum atomic E-state index is 7.79. The lowest BCUT2D eigenvalue weighted by atomic mass is 9.95. The molecule has 178 valence electrons. The highest BCUT2D eigenvalue weighted by atomic mass is 32.1. The second-order valence-corrected chi connectivity index (χ2v) is 10.2. The second-order valence-electron chi connectivity index (χ2n) is 9.13. The summed E-state index contributed by atoms with van der Waals surface area (Å²) < 4.78 is 1.09. The molecule has 1 aliphatic heterocycles. The molecule has 0 spiro atoms. The summed E-state index contributed by atoms with van der Waals surface area (Å²) in [5.74, 6) is 0. The molecular weight excluding hydrogens is 482 g/mol. The predicted octanol–water partition coefficient (Wildman–Crippen LogP) is 9.83. The fraction of sp³-hybridized carbons (Fsp3) is 0. The average molecular weight is 504 g/mol. The van der Waals surface area contributed by atoms with Gasteiger partial charge in [0.2, 0.25) is 5.70 Å². The Labute approximate surface area is 225 Å². The molecule has 5 aromatic carbocycles. The molecule has 1 aliphatic rings. The monoisotopic (exact) mass is 503 g/mol. The van der Waals surface area contributed by atoms with E-state index in [1.807, 2.05) is 30.3 Å². The van der Waals surface area contributed by atoms with Crippen LogP contribution in [-0.4, -0.2) is 4.98 Å². The average Bonchev–Trinajstić information content (AvgIpc) is 3.37. The van der Waals surface area contributed by atoms with E-state index in [1.54, 1.807) is 11.3 Å². The van der Waals surface area contributed by atoms with Crippen LogP contribution >= 0.6 is 11.3 Å². The SMILES string of the molecule is [C-]#[N+]/C(=C\c1ccc(N2c3ccccc3-c3ccccc3-c3ccccc32)cc1)c1nc2ccccc2s1. The van der Waals surface area contributed by atoms with Gasteiger partial charge in [-0.05, 0) is 59.2 Å². The summed E-state index contributed by atoms with van der Waals surface area (Å²) in [5, 5.41) is 0.749. The van der Waals surface area contributed by atoms with Gasteiger partial charge in [0, 0.05) is 16.8 Å². The Hall–Kier alpha value is -4.98. The van der Waals surface area contributed by atoms with E-state index >= 15 is 0 Å². The number of benzene rings is 5. The number of rotatable bonds is 3. The van der Waals surface area contributed by atoms with Crippen molar-refractivity contribution in [2.24, 2.45) is 0 Å². The first-order valence-corrected chi connectivity index (χ1v) is 13.2. The van der Waals surface area contributed by atoms with Gasteiger partial charge in [-0.25, -0.2) is 9.83 Å². The number of fused-ring (bicyclic) bond motifs is 6. The molecular formula is C34H21N3S. The molecule has 0 aliphatic carbocycles. The Morgan fingerprint density at radius 3 is 1.82 bits per heavy atom. The van der Waals surface area contributed by atoms with Crippen LogP contribution in [0.1, 0.15) is 10.6 Å². The quantitative estimate of drug-likeness (QED) is 0.224. The summed E-state index contributed by atoms with van der Waals surface area (Å²) in [6.45, 7) is 7.79. The summed E-state index contributed by atoms with van der Waals surface area (Å²) in [5.41, 5.74) is 10.7. The van der Waals surface area contributed by atoms with Crippen molar-refractivity contribution in [1.82, 2.24) is 4.98 Å². The molecule has 6 aromatic rings. The van der Waals surface area contributed by atoms with Crippen LogP contribution in [0.2, 0.25) is 0 Å². The van der Waals surface area contributed by atoms with Crippen LogP contribution in [0.3, 0.4) is 0 Å². The topological polar surface area (TPSA) is 20.5 Å². The summed E-state index contributed by atoms with van der Waals surface area (Å²) in [6.07, 6.45) is 1.93. The van der Waals surface area contributed by atoms with Gasteiger partial charge in [0.1, 0.15) is 5.01 Å². The van der Waals surface area contributed by atoms with E-state index in [-0.39, 0.29) is 0 Å². The summed E-state index contributed by atoms with van der Waals surface area (Å²) in [7, 11) is 0. The predicted molar refractivity (Wildman–Crippen MR) is 160 cm³/mol. The maximum Gasteiger partial charge on any atom is 0.222 e. The molecule has 0 bridgehead atoms. The lowest BCUT2D eigenvalue weighted by Crippen LogP contribution is -2.10. The third kappa shape index (κ3) is 3.69. The molecule has 4 heteroatoms. The molecule has 3 nitrogen and oxygen atoms in total. The molecule has 0 N–H and O–H groups in total. The van der Waals surface area contributed by atoms with Crippen molar-refractivity contribution in [3.63, 3.8) is 0 Å². The molecule has 0 amide bonds. The molecule has 0 atom stereocenters. The van der Waals surface area contributed by atoms with Gasteiger partial charge in [-0.2, -0.15) is 0 Å².